The van der Waals surface area contributed by atoms with E-state index in [2.05, 4.69) is 22.1 Å². The first kappa shape index (κ1) is 15.2. The second-order valence-electron chi connectivity index (χ2n) is 3.74. The molecule has 0 saturated carbocycles. The molecule has 5 nitrogen and oxygen atoms in total. The predicted octanol–water partition coefficient (Wildman–Crippen LogP) is 0.548. The second kappa shape index (κ2) is 9.09. The molecule has 0 saturated heterocycles. The molecule has 0 aromatic carbocycles. The van der Waals surface area contributed by atoms with E-state index in [1.54, 1.807) is 18.3 Å². The second-order valence-corrected chi connectivity index (χ2v) is 3.74. The van der Waals surface area contributed by atoms with Gasteiger partial charge in [-0.25, -0.2) is 4.98 Å². The van der Waals surface area contributed by atoms with Gasteiger partial charge in [0.05, 0.1) is 6.54 Å². The van der Waals surface area contributed by atoms with Gasteiger partial charge in [-0.2, -0.15) is 0 Å². The Hall–Kier alpha value is -1.90. The summed E-state index contributed by atoms with van der Waals surface area (Å²) < 4.78 is 5.18. The summed E-state index contributed by atoms with van der Waals surface area (Å²) in [6.45, 7) is 4.17. The SMILES string of the molecule is CCOCCCNC(=O)c1ccc(C#CCN)cn1. The average molecular weight is 261 g/mol. The van der Waals surface area contributed by atoms with Crippen LogP contribution in [0.4, 0.5) is 0 Å². The van der Waals surface area contributed by atoms with Crippen LogP contribution in [0, 0.1) is 11.8 Å². The zero-order chi connectivity index (χ0) is 13.9. The monoisotopic (exact) mass is 261 g/mol. The van der Waals surface area contributed by atoms with E-state index in [0.717, 1.165) is 12.0 Å². The van der Waals surface area contributed by atoms with Crippen LogP contribution >= 0.6 is 0 Å². The minimum atomic E-state index is -0.185. The van der Waals surface area contributed by atoms with Crippen LogP contribution in [0.2, 0.25) is 0 Å². The Bertz CT molecular complexity index is 446. The third-order valence-corrected chi connectivity index (χ3v) is 2.29. The fourth-order valence-electron chi connectivity index (χ4n) is 1.37. The van der Waals surface area contributed by atoms with Crippen LogP contribution in [0.5, 0.6) is 0 Å². The third kappa shape index (κ3) is 6.00. The molecule has 1 aromatic rings. The lowest BCUT2D eigenvalue weighted by atomic mass is 10.2. The maximum absolute atomic E-state index is 11.7. The number of hydrogen-bond donors (Lipinski definition) is 2. The first-order valence-corrected chi connectivity index (χ1v) is 6.29. The number of nitrogens with two attached hydrogens (primary N) is 1. The number of pyridine rings is 1. The lowest BCUT2D eigenvalue weighted by Crippen LogP contribution is -2.26. The molecule has 0 aliphatic heterocycles. The van der Waals surface area contributed by atoms with Gasteiger partial charge in [-0.05, 0) is 25.5 Å². The van der Waals surface area contributed by atoms with Crippen LogP contribution in [-0.2, 0) is 4.74 Å². The van der Waals surface area contributed by atoms with Gasteiger partial charge in [0, 0.05) is 31.5 Å². The Morgan fingerprint density at radius 2 is 2.37 bits per heavy atom. The first-order valence-electron chi connectivity index (χ1n) is 6.29. The van der Waals surface area contributed by atoms with Gasteiger partial charge in [-0.15, -0.1) is 0 Å². The van der Waals surface area contributed by atoms with Crippen molar-refractivity contribution >= 4 is 5.91 Å². The molecule has 0 atom stereocenters. The fraction of sp³-hybridized carbons (Fsp3) is 0.429. The van der Waals surface area contributed by atoms with E-state index in [1.807, 2.05) is 6.92 Å². The number of carbonyl (C=O) groups is 1. The number of hydrogen-bond acceptors (Lipinski definition) is 4. The molecule has 0 aliphatic rings. The molecule has 0 aliphatic carbocycles. The van der Waals surface area contributed by atoms with Crippen molar-refractivity contribution in [1.29, 1.82) is 0 Å². The van der Waals surface area contributed by atoms with Crippen LogP contribution in [0.25, 0.3) is 0 Å². The molecule has 102 valence electrons. The van der Waals surface area contributed by atoms with E-state index in [9.17, 15) is 4.79 Å². The van der Waals surface area contributed by atoms with E-state index in [-0.39, 0.29) is 5.91 Å². The highest BCUT2D eigenvalue weighted by Crippen LogP contribution is 1.98. The molecule has 19 heavy (non-hydrogen) atoms. The minimum Gasteiger partial charge on any atom is -0.382 e. The zero-order valence-electron chi connectivity index (χ0n) is 11.1. The molecule has 0 fully saturated rings. The molecule has 0 bridgehead atoms. The maximum Gasteiger partial charge on any atom is 0.269 e. The Kier molecular flexibility index (Phi) is 7.25. The van der Waals surface area contributed by atoms with Crippen LogP contribution in [0.1, 0.15) is 29.4 Å². The van der Waals surface area contributed by atoms with Crippen molar-refractivity contribution in [2.45, 2.75) is 13.3 Å². The Morgan fingerprint density at radius 1 is 1.53 bits per heavy atom. The van der Waals surface area contributed by atoms with Crippen LogP contribution in [0.15, 0.2) is 18.3 Å². The molecular formula is C14H19N3O2. The number of ether oxygens (including phenoxy) is 1. The van der Waals surface area contributed by atoms with E-state index < -0.39 is 0 Å². The van der Waals surface area contributed by atoms with Gasteiger partial charge in [-0.3, -0.25) is 4.79 Å². The van der Waals surface area contributed by atoms with E-state index in [1.165, 1.54) is 0 Å². The van der Waals surface area contributed by atoms with Gasteiger partial charge < -0.3 is 15.8 Å². The molecule has 0 unspecified atom stereocenters. The van der Waals surface area contributed by atoms with E-state index >= 15 is 0 Å². The lowest BCUT2D eigenvalue weighted by Gasteiger charge is -2.04. The van der Waals surface area contributed by atoms with Gasteiger partial charge in [-0.1, -0.05) is 11.8 Å². The highest BCUT2D eigenvalue weighted by atomic mass is 16.5. The van der Waals surface area contributed by atoms with Crippen LogP contribution in [0.3, 0.4) is 0 Å². The summed E-state index contributed by atoms with van der Waals surface area (Å²) in [5.74, 6) is 5.40. The van der Waals surface area contributed by atoms with Crippen LogP contribution < -0.4 is 11.1 Å². The number of carbonyl (C=O) groups excluding carboxylic acids is 1. The number of nitrogens with one attached hydrogen (secondary N) is 1. The third-order valence-electron chi connectivity index (χ3n) is 2.29. The quantitative estimate of drug-likeness (QED) is 0.579. The van der Waals surface area contributed by atoms with Gasteiger partial charge in [0.25, 0.3) is 5.91 Å². The summed E-state index contributed by atoms with van der Waals surface area (Å²) in [7, 11) is 0. The number of rotatable bonds is 6. The van der Waals surface area contributed by atoms with Gasteiger partial charge in [0.1, 0.15) is 5.69 Å². The first-order chi connectivity index (χ1) is 9.27. The Labute approximate surface area is 113 Å². The molecule has 1 aromatic heterocycles. The van der Waals surface area contributed by atoms with E-state index in [4.69, 9.17) is 10.5 Å². The van der Waals surface area contributed by atoms with Crippen molar-refractivity contribution < 1.29 is 9.53 Å². The lowest BCUT2D eigenvalue weighted by molar-refractivity contribution is 0.0939. The largest absolute Gasteiger partial charge is 0.382 e. The number of aromatic nitrogens is 1. The molecule has 3 N–H and O–H groups in total. The fourth-order valence-corrected chi connectivity index (χ4v) is 1.37. The Morgan fingerprint density at radius 3 is 3.00 bits per heavy atom. The summed E-state index contributed by atoms with van der Waals surface area (Å²) in [5, 5.41) is 2.78. The summed E-state index contributed by atoms with van der Waals surface area (Å²) in [4.78, 5) is 15.8. The average Bonchev–Trinajstić information content (AvgIpc) is 2.45. The standard InChI is InChI=1S/C14H19N3O2/c1-2-19-10-4-9-16-14(18)13-7-6-12(11-17-13)5-3-8-15/h6-7,11H,2,4,8-10,15H2,1H3,(H,16,18). The maximum atomic E-state index is 11.7. The molecule has 0 spiro atoms. The van der Waals surface area contributed by atoms with Gasteiger partial charge in [0.2, 0.25) is 0 Å². The molecule has 1 rings (SSSR count). The van der Waals surface area contributed by atoms with Crippen molar-refractivity contribution in [3.05, 3.63) is 29.6 Å². The highest BCUT2D eigenvalue weighted by molar-refractivity contribution is 5.92. The molecule has 1 amide bonds. The summed E-state index contributed by atoms with van der Waals surface area (Å²) in [5.41, 5.74) is 6.41. The smallest absolute Gasteiger partial charge is 0.269 e. The molecule has 1 heterocycles. The number of amides is 1. The van der Waals surface area contributed by atoms with Crippen molar-refractivity contribution in [1.82, 2.24) is 10.3 Å². The summed E-state index contributed by atoms with van der Waals surface area (Å²) >= 11 is 0. The number of nitrogens with zero attached hydrogens (tertiary/aromatic N) is 1. The summed E-state index contributed by atoms with van der Waals surface area (Å²) in [6, 6.07) is 3.41. The predicted molar refractivity (Wildman–Crippen MR) is 73.6 cm³/mol. The molecule has 0 radical (unpaired) electrons. The van der Waals surface area contributed by atoms with Gasteiger partial charge >= 0.3 is 0 Å². The van der Waals surface area contributed by atoms with Crippen molar-refractivity contribution in [2.24, 2.45) is 5.73 Å². The van der Waals surface area contributed by atoms with Gasteiger partial charge in [0.15, 0.2) is 0 Å². The van der Waals surface area contributed by atoms with Crippen LogP contribution in [-0.4, -0.2) is 37.2 Å². The zero-order valence-corrected chi connectivity index (χ0v) is 11.1. The van der Waals surface area contributed by atoms with E-state index in [0.29, 0.717) is 32.0 Å². The van der Waals surface area contributed by atoms with Crippen molar-refractivity contribution in [3.63, 3.8) is 0 Å². The normalized spacial score (nSPS) is 9.58. The van der Waals surface area contributed by atoms with Crippen molar-refractivity contribution in [3.8, 4) is 11.8 Å². The molecular weight excluding hydrogens is 242 g/mol. The molecule has 5 heteroatoms. The van der Waals surface area contributed by atoms with Crippen molar-refractivity contribution in [2.75, 3.05) is 26.3 Å². The highest BCUT2D eigenvalue weighted by Gasteiger charge is 2.05. The Balaban J connectivity index is 2.40. The minimum absolute atomic E-state index is 0.185. The topological polar surface area (TPSA) is 77.2 Å². The summed E-state index contributed by atoms with van der Waals surface area (Å²) in [6.07, 6.45) is 2.36.